The van der Waals surface area contributed by atoms with Crippen LogP contribution in [0.25, 0.3) is 0 Å². The Hall–Kier alpha value is -0.120. The normalized spacial score (nSPS) is 30.9. The van der Waals surface area contributed by atoms with Gasteiger partial charge >= 0.3 is 0 Å². The Bertz CT molecular complexity index is 174. The van der Waals surface area contributed by atoms with Crippen molar-refractivity contribution in [3.63, 3.8) is 0 Å². The van der Waals surface area contributed by atoms with Gasteiger partial charge in [-0.15, -0.1) is 0 Å². The lowest BCUT2D eigenvalue weighted by atomic mass is 9.71. The monoisotopic (exact) mass is 185 g/mol. The number of hydrogen-bond donors (Lipinski definition) is 2. The first kappa shape index (κ1) is 9.44. The predicted molar refractivity (Wildman–Crippen MR) is 50.3 cm³/mol. The molecular weight excluding hydrogens is 166 g/mol. The van der Waals surface area contributed by atoms with Crippen LogP contribution in [0.5, 0.6) is 0 Å². The largest absolute Gasteiger partial charge is 0.388 e. The zero-order valence-electron chi connectivity index (χ0n) is 8.04. The van der Waals surface area contributed by atoms with E-state index in [4.69, 9.17) is 10.5 Å². The number of hydrogen-bond acceptors (Lipinski definition) is 3. The van der Waals surface area contributed by atoms with Crippen LogP contribution in [-0.4, -0.2) is 30.0 Å². The molecule has 0 aromatic rings. The number of ether oxygens (including phenoxy) is 1. The molecule has 3 N–H and O–H groups in total. The zero-order chi connectivity index (χ0) is 9.31. The van der Waals surface area contributed by atoms with Gasteiger partial charge in [0.15, 0.2) is 0 Å². The van der Waals surface area contributed by atoms with Crippen LogP contribution in [0, 0.1) is 5.92 Å². The molecule has 0 bridgehead atoms. The molecule has 0 spiro atoms. The van der Waals surface area contributed by atoms with Crippen molar-refractivity contribution in [2.75, 3.05) is 13.2 Å². The van der Waals surface area contributed by atoms with Crippen LogP contribution in [-0.2, 0) is 4.74 Å². The summed E-state index contributed by atoms with van der Waals surface area (Å²) in [5.41, 5.74) is 5.45. The SMILES string of the molecule is NC(C1CCC1)C1(O)CCOCC1. The molecule has 1 unspecified atom stereocenters. The highest BCUT2D eigenvalue weighted by Gasteiger charge is 2.41. The Morgan fingerprint density at radius 1 is 1.31 bits per heavy atom. The minimum atomic E-state index is -0.636. The third kappa shape index (κ3) is 1.73. The van der Waals surface area contributed by atoms with Gasteiger partial charge in [-0.1, -0.05) is 6.42 Å². The first-order valence-corrected chi connectivity index (χ1v) is 5.28. The topological polar surface area (TPSA) is 55.5 Å². The van der Waals surface area contributed by atoms with E-state index in [-0.39, 0.29) is 6.04 Å². The molecule has 76 valence electrons. The van der Waals surface area contributed by atoms with Crippen LogP contribution >= 0.6 is 0 Å². The zero-order valence-corrected chi connectivity index (χ0v) is 8.04. The van der Waals surface area contributed by atoms with Gasteiger partial charge in [0, 0.05) is 32.1 Å². The van der Waals surface area contributed by atoms with Crippen LogP contribution in [0.4, 0.5) is 0 Å². The number of rotatable bonds is 2. The van der Waals surface area contributed by atoms with E-state index in [0.29, 0.717) is 32.0 Å². The van der Waals surface area contributed by atoms with E-state index in [9.17, 15) is 5.11 Å². The average Bonchev–Trinajstić information content (AvgIpc) is 2.02. The highest BCUT2D eigenvalue weighted by atomic mass is 16.5. The van der Waals surface area contributed by atoms with Crippen molar-refractivity contribution in [3.8, 4) is 0 Å². The Balaban J connectivity index is 1.94. The Labute approximate surface area is 79.3 Å². The van der Waals surface area contributed by atoms with E-state index in [2.05, 4.69) is 0 Å². The number of aliphatic hydroxyl groups is 1. The first-order chi connectivity index (χ1) is 6.22. The Morgan fingerprint density at radius 3 is 2.38 bits per heavy atom. The van der Waals surface area contributed by atoms with Gasteiger partial charge in [0.05, 0.1) is 5.60 Å². The molecule has 0 aromatic carbocycles. The summed E-state index contributed by atoms with van der Waals surface area (Å²) in [7, 11) is 0. The summed E-state index contributed by atoms with van der Waals surface area (Å²) in [4.78, 5) is 0. The molecular formula is C10H19NO2. The molecule has 3 nitrogen and oxygen atoms in total. The molecule has 1 heterocycles. The van der Waals surface area contributed by atoms with Gasteiger partial charge < -0.3 is 15.6 Å². The molecule has 2 aliphatic rings. The third-order valence-corrected chi connectivity index (χ3v) is 3.64. The van der Waals surface area contributed by atoms with Crippen LogP contribution in [0.2, 0.25) is 0 Å². The maximum absolute atomic E-state index is 10.3. The second kappa shape index (κ2) is 3.56. The minimum Gasteiger partial charge on any atom is -0.388 e. The van der Waals surface area contributed by atoms with Gasteiger partial charge in [0.2, 0.25) is 0 Å². The minimum absolute atomic E-state index is 0.0230. The van der Waals surface area contributed by atoms with Gasteiger partial charge in [-0.25, -0.2) is 0 Å². The van der Waals surface area contributed by atoms with E-state index < -0.39 is 5.60 Å². The van der Waals surface area contributed by atoms with Crippen molar-refractivity contribution < 1.29 is 9.84 Å². The molecule has 3 heteroatoms. The maximum Gasteiger partial charge on any atom is 0.0844 e. The van der Waals surface area contributed by atoms with Gasteiger partial charge in [-0.05, 0) is 18.8 Å². The summed E-state index contributed by atoms with van der Waals surface area (Å²) in [6, 6.07) is -0.0230. The highest BCUT2D eigenvalue weighted by molar-refractivity contribution is 4.97. The molecule has 1 saturated heterocycles. The summed E-state index contributed by atoms with van der Waals surface area (Å²) in [6.07, 6.45) is 5.11. The maximum atomic E-state index is 10.3. The molecule has 1 aliphatic carbocycles. The fraction of sp³-hybridized carbons (Fsp3) is 1.00. The van der Waals surface area contributed by atoms with Gasteiger partial charge in [0.1, 0.15) is 0 Å². The van der Waals surface area contributed by atoms with E-state index in [1.54, 1.807) is 0 Å². The fourth-order valence-corrected chi connectivity index (χ4v) is 2.30. The molecule has 13 heavy (non-hydrogen) atoms. The highest BCUT2D eigenvalue weighted by Crippen LogP contribution is 2.36. The summed E-state index contributed by atoms with van der Waals surface area (Å²) in [5.74, 6) is 0.558. The quantitative estimate of drug-likeness (QED) is 0.664. The smallest absolute Gasteiger partial charge is 0.0844 e. The van der Waals surface area contributed by atoms with Crippen LogP contribution in [0.3, 0.4) is 0 Å². The molecule has 1 atom stereocenters. The van der Waals surface area contributed by atoms with Crippen molar-refractivity contribution >= 4 is 0 Å². The molecule has 2 rings (SSSR count). The van der Waals surface area contributed by atoms with E-state index in [1.165, 1.54) is 19.3 Å². The first-order valence-electron chi connectivity index (χ1n) is 5.28. The van der Waals surface area contributed by atoms with Crippen LogP contribution in [0.1, 0.15) is 32.1 Å². The van der Waals surface area contributed by atoms with Crippen molar-refractivity contribution in [1.29, 1.82) is 0 Å². The van der Waals surface area contributed by atoms with Crippen molar-refractivity contribution in [2.24, 2.45) is 11.7 Å². The lowest BCUT2D eigenvalue weighted by Gasteiger charge is -2.43. The summed E-state index contributed by atoms with van der Waals surface area (Å²) in [6.45, 7) is 1.33. The average molecular weight is 185 g/mol. The van der Waals surface area contributed by atoms with Gasteiger partial charge in [0.25, 0.3) is 0 Å². The van der Waals surface area contributed by atoms with Crippen molar-refractivity contribution in [1.82, 2.24) is 0 Å². The Kier molecular flexibility index (Phi) is 2.58. The van der Waals surface area contributed by atoms with Crippen LogP contribution < -0.4 is 5.73 Å². The molecule has 2 fully saturated rings. The fourth-order valence-electron chi connectivity index (χ4n) is 2.30. The molecule has 1 saturated carbocycles. The lowest BCUT2D eigenvalue weighted by molar-refractivity contribution is -0.0946. The van der Waals surface area contributed by atoms with E-state index in [1.807, 2.05) is 0 Å². The van der Waals surface area contributed by atoms with Gasteiger partial charge in [-0.3, -0.25) is 0 Å². The van der Waals surface area contributed by atoms with Crippen LogP contribution in [0.15, 0.2) is 0 Å². The van der Waals surface area contributed by atoms with E-state index in [0.717, 1.165) is 0 Å². The molecule has 1 aliphatic heterocycles. The molecule has 0 aromatic heterocycles. The predicted octanol–water partition coefficient (Wildman–Crippen LogP) is 0.655. The molecule has 0 radical (unpaired) electrons. The standard InChI is InChI=1S/C10H19NO2/c11-9(8-2-1-3-8)10(12)4-6-13-7-5-10/h8-9,12H,1-7,11H2. The summed E-state index contributed by atoms with van der Waals surface area (Å²) >= 11 is 0. The summed E-state index contributed by atoms with van der Waals surface area (Å²) < 4.78 is 5.23. The summed E-state index contributed by atoms with van der Waals surface area (Å²) in [5, 5.41) is 10.3. The molecule has 0 amide bonds. The third-order valence-electron chi connectivity index (χ3n) is 3.64. The van der Waals surface area contributed by atoms with E-state index >= 15 is 0 Å². The van der Waals surface area contributed by atoms with Crippen molar-refractivity contribution in [3.05, 3.63) is 0 Å². The van der Waals surface area contributed by atoms with Gasteiger partial charge in [-0.2, -0.15) is 0 Å². The second-order valence-electron chi connectivity index (χ2n) is 4.43. The van der Waals surface area contributed by atoms with Crippen molar-refractivity contribution in [2.45, 2.75) is 43.7 Å². The number of nitrogens with two attached hydrogens (primary N) is 1. The lowest BCUT2D eigenvalue weighted by Crippen LogP contribution is -2.56. The Morgan fingerprint density at radius 2 is 1.92 bits per heavy atom. The second-order valence-corrected chi connectivity index (χ2v) is 4.43.